The van der Waals surface area contributed by atoms with Crippen LogP contribution in [0.5, 0.6) is 0 Å². The molecule has 0 radical (unpaired) electrons. The number of nitrogens with zero attached hydrogens (tertiary/aromatic N) is 1. The molecule has 1 unspecified atom stereocenters. The van der Waals surface area contributed by atoms with Crippen molar-refractivity contribution in [3.05, 3.63) is 0 Å². The molecule has 1 N–H and O–H groups in total. The smallest absolute Gasteiger partial charge is 0.240 e. The Labute approximate surface area is 96.4 Å². The van der Waals surface area contributed by atoms with Gasteiger partial charge in [0.25, 0.3) is 0 Å². The summed E-state index contributed by atoms with van der Waals surface area (Å²) < 4.78 is 0. The van der Waals surface area contributed by atoms with Gasteiger partial charge in [0.05, 0.1) is 13.1 Å². The lowest BCUT2D eigenvalue weighted by Crippen LogP contribution is -2.40. The Bertz CT molecular complexity index is 307. The first-order chi connectivity index (χ1) is 7.63. The predicted octanol–water partition coefficient (Wildman–Crippen LogP) is 0.384. The zero-order chi connectivity index (χ0) is 12.0. The van der Waals surface area contributed by atoms with E-state index >= 15 is 0 Å². The van der Waals surface area contributed by atoms with Crippen LogP contribution in [0.25, 0.3) is 0 Å². The summed E-state index contributed by atoms with van der Waals surface area (Å²) in [4.78, 5) is 24.7. The highest BCUT2D eigenvalue weighted by Crippen LogP contribution is 2.16. The van der Waals surface area contributed by atoms with E-state index in [4.69, 9.17) is 6.42 Å². The largest absolute Gasteiger partial charge is 0.344 e. The third-order valence-corrected chi connectivity index (χ3v) is 2.82. The SMILES string of the molecule is C#CCNC(=O)CN1CCC(C)CCC1=O. The monoisotopic (exact) mass is 222 g/mol. The van der Waals surface area contributed by atoms with Crippen LogP contribution in [0.15, 0.2) is 0 Å². The fourth-order valence-electron chi connectivity index (χ4n) is 1.72. The normalized spacial score (nSPS) is 21.1. The van der Waals surface area contributed by atoms with E-state index in [2.05, 4.69) is 18.2 Å². The number of hydrogen-bond acceptors (Lipinski definition) is 2. The number of rotatable bonds is 3. The minimum Gasteiger partial charge on any atom is -0.344 e. The van der Waals surface area contributed by atoms with Crippen LogP contribution in [0.2, 0.25) is 0 Å². The Morgan fingerprint density at radius 1 is 1.62 bits per heavy atom. The standard InChI is InChI=1S/C12H18N2O2/c1-3-7-13-11(15)9-14-8-6-10(2)4-5-12(14)16/h1,10H,4-9H2,2H3,(H,13,15). The average molecular weight is 222 g/mol. The van der Waals surface area contributed by atoms with Crippen molar-refractivity contribution in [2.24, 2.45) is 5.92 Å². The zero-order valence-electron chi connectivity index (χ0n) is 9.66. The maximum absolute atomic E-state index is 11.7. The molecule has 1 rings (SSSR count). The van der Waals surface area contributed by atoms with Gasteiger partial charge in [0.15, 0.2) is 0 Å². The molecule has 2 amide bonds. The molecule has 1 heterocycles. The molecule has 1 fully saturated rings. The summed E-state index contributed by atoms with van der Waals surface area (Å²) in [6.45, 7) is 3.16. The number of carbonyl (C=O) groups excluding carboxylic acids is 2. The summed E-state index contributed by atoms with van der Waals surface area (Å²) in [5.74, 6) is 2.78. The summed E-state index contributed by atoms with van der Waals surface area (Å²) in [6, 6.07) is 0. The Balaban J connectivity index is 2.43. The molecule has 1 aliphatic rings. The second kappa shape index (κ2) is 6.16. The molecule has 1 aliphatic heterocycles. The summed E-state index contributed by atoms with van der Waals surface area (Å²) in [6.07, 6.45) is 7.46. The Morgan fingerprint density at radius 2 is 2.38 bits per heavy atom. The number of likely N-dealkylation sites (tertiary alicyclic amines) is 1. The molecule has 0 aromatic heterocycles. The quantitative estimate of drug-likeness (QED) is 0.702. The van der Waals surface area contributed by atoms with Crippen LogP contribution in [0, 0.1) is 18.3 Å². The van der Waals surface area contributed by atoms with Crippen LogP contribution in [-0.2, 0) is 9.59 Å². The minimum absolute atomic E-state index is 0.0696. The zero-order valence-corrected chi connectivity index (χ0v) is 9.66. The van der Waals surface area contributed by atoms with Crippen LogP contribution >= 0.6 is 0 Å². The fourth-order valence-corrected chi connectivity index (χ4v) is 1.72. The molecular weight excluding hydrogens is 204 g/mol. The van der Waals surface area contributed by atoms with Gasteiger partial charge in [-0.05, 0) is 18.8 Å². The van der Waals surface area contributed by atoms with Crippen molar-refractivity contribution in [3.63, 3.8) is 0 Å². The van der Waals surface area contributed by atoms with E-state index in [1.165, 1.54) is 0 Å². The second-order valence-corrected chi connectivity index (χ2v) is 4.23. The van der Waals surface area contributed by atoms with E-state index in [1.54, 1.807) is 4.90 Å². The number of terminal acetylenes is 1. The fraction of sp³-hybridized carbons (Fsp3) is 0.667. The molecule has 0 aliphatic carbocycles. The van der Waals surface area contributed by atoms with Gasteiger partial charge >= 0.3 is 0 Å². The molecule has 0 bridgehead atoms. The number of nitrogens with one attached hydrogen (secondary N) is 1. The van der Waals surface area contributed by atoms with Crippen LogP contribution < -0.4 is 5.32 Å². The van der Waals surface area contributed by atoms with E-state index < -0.39 is 0 Å². The highest BCUT2D eigenvalue weighted by atomic mass is 16.2. The lowest BCUT2D eigenvalue weighted by atomic mass is 10.0. The van der Waals surface area contributed by atoms with E-state index in [0.29, 0.717) is 18.9 Å². The number of hydrogen-bond donors (Lipinski definition) is 1. The van der Waals surface area contributed by atoms with Crippen LogP contribution in [0.4, 0.5) is 0 Å². The van der Waals surface area contributed by atoms with Gasteiger partial charge in [0, 0.05) is 13.0 Å². The van der Waals surface area contributed by atoms with E-state index in [-0.39, 0.29) is 24.9 Å². The van der Waals surface area contributed by atoms with E-state index in [1.807, 2.05) is 0 Å². The molecule has 4 nitrogen and oxygen atoms in total. The maximum atomic E-state index is 11.7. The number of carbonyl (C=O) groups is 2. The lowest BCUT2D eigenvalue weighted by molar-refractivity contribution is -0.135. The van der Waals surface area contributed by atoms with E-state index in [9.17, 15) is 9.59 Å². The third kappa shape index (κ3) is 3.93. The second-order valence-electron chi connectivity index (χ2n) is 4.23. The van der Waals surface area contributed by atoms with Crippen molar-refractivity contribution in [2.45, 2.75) is 26.2 Å². The highest BCUT2D eigenvalue weighted by Gasteiger charge is 2.21. The van der Waals surface area contributed by atoms with Crippen molar-refractivity contribution in [1.82, 2.24) is 10.2 Å². The number of amides is 2. The topological polar surface area (TPSA) is 49.4 Å². The van der Waals surface area contributed by atoms with E-state index in [0.717, 1.165) is 12.8 Å². The van der Waals surface area contributed by atoms with Gasteiger partial charge in [0.2, 0.25) is 11.8 Å². The predicted molar refractivity (Wildman–Crippen MR) is 61.4 cm³/mol. The molecule has 16 heavy (non-hydrogen) atoms. The molecule has 0 aromatic carbocycles. The van der Waals surface area contributed by atoms with Crippen molar-refractivity contribution in [3.8, 4) is 12.3 Å². The first-order valence-corrected chi connectivity index (χ1v) is 5.61. The molecule has 88 valence electrons. The van der Waals surface area contributed by atoms with Crippen LogP contribution in [0.1, 0.15) is 26.2 Å². The van der Waals surface area contributed by atoms with Crippen molar-refractivity contribution in [1.29, 1.82) is 0 Å². The molecule has 1 atom stereocenters. The van der Waals surface area contributed by atoms with Gasteiger partial charge in [-0.25, -0.2) is 0 Å². The van der Waals surface area contributed by atoms with Gasteiger partial charge in [-0.2, -0.15) is 0 Å². The summed E-state index contributed by atoms with van der Waals surface area (Å²) in [7, 11) is 0. The molecule has 0 saturated carbocycles. The van der Waals surface area contributed by atoms with Gasteiger partial charge in [0.1, 0.15) is 0 Å². The molecule has 1 saturated heterocycles. The summed E-state index contributed by atoms with van der Waals surface area (Å²) in [5.41, 5.74) is 0. The third-order valence-electron chi connectivity index (χ3n) is 2.82. The molecular formula is C12H18N2O2. The molecule has 0 spiro atoms. The maximum Gasteiger partial charge on any atom is 0.240 e. The summed E-state index contributed by atoms with van der Waals surface area (Å²) >= 11 is 0. The van der Waals surface area contributed by atoms with Gasteiger partial charge in [-0.1, -0.05) is 12.8 Å². The Kier molecular flexibility index (Phi) is 4.84. The van der Waals surface area contributed by atoms with Crippen molar-refractivity contribution < 1.29 is 9.59 Å². The van der Waals surface area contributed by atoms with Crippen molar-refractivity contribution >= 4 is 11.8 Å². The summed E-state index contributed by atoms with van der Waals surface area (Å²) in [5, 5.41) is 2.56. The highest BCUT2D eigenvalue weighted by molar-refractivity contribution is 5.85. The lowest BCUT2D eigenvalue weighted by Gasteiger charge is -2.19. The van der Waals surface area contributed by atoms with Gasteiger partial charge in [-0.3, -0.25) is 9.59 Å². The molecule has 4 heteroatoms. The van der Waals surface area contributed by atoms with Crippen LogP contribution in [0.3, 0.4) is 0 Å². The Morgan fingerprint density at radius 3 is 3.06 bits per heavy atom. The van der Waals surface area contributed by atoms with Crippen molar-refractivity contribution in [2.75, 3.05) is 19.6 Å². The average Bonchev–Trinajstić information content (AvgIpc) is 2.41. The first kappa shape index (κ1) is 12.6. The first-order valence-electron chi connectivity index (χ1n) is 5.61. The van der Waals surface area contributed by atoms with Gasteiger partial charge in [-0.15, -0.1) is 6.42 Å². The minimum atomic E-state index is -0.180. The van der Waals surface area contributed by atoms with Crippen LogP contribution in [-0.4, -0.2) is 36.3 Å². The van der Waals surface area contributed by atoms with Gasteiger partial charge < -0.3 is 10.2 Å². The Hall–Kier alpha value is -1.50. The molecule has 0 aromatic rings.